The highest BCUT2D eigenvalue weighted by Crippen LogP contribution is 2.35. The summed E-state index contributed by atoms with van der Waals surface area (Å²) >= 11 is 3.92. The van der Waals surface area contributed by atoms with E-state index in [1.54, 1.807) is 13.2 Å². The molecule has 12 heavy (non-hydrogen) atoms. The second-order valence-electron chi connectivity index (χ2n) is 2.44. The molecule has 0 radical (unpaired) electrons. The van der Waals surface area contributed by atoms with Gasteiger partial charge < -0.3 is 4.74 Å². The van der Waals surface area contributed by atoms with Gasteiger partial charge in [0.15, 0.2) is 0 Å². The van der Waals surface area contributed by atoms with Crippen LogP contribution in [0.1, 0.15) is 6.42 Å². The fraction of sp³-hybridized carbons (Fsp3) is 0.556. The van der Waals surface area contributed by atoms with Crippen molar-refractivity contribution in [3.8, 4) is 0 Å². The van der Waals surface area contributed by atoms with Crippen LogP contribution in [-0.4, -0.2) is 23.2 Å². The third-order valence-electron chi connectivity index (χ3n) is 1.58. The standard InChI is InChI=1S/C9H14OS2/c1-3-5-8(10-2)9-11-6-4-7-12-9/h3,5,9H,1,4,6-7H2,2H3/b8-5-. The van der Waals surface area contributed by atoms with Gasteiger partial charge in [-0.3, -0.25) is 0 Å². The Morgan fingerprint density at radius 3 is 2.67 bits per heavy atom. The molecule has 68 valence electrons. The lowest BCUT2D eigenvalue weighted by Crippen LogP contribution is -2.10. The van der Waals surface area contributed by atoms with Crippen molar-refractivity contribution >= 4 is 23.5 Å². The van der Waals surface area contributed by atoms with Crippen molar-refractivity contribution in [3.63, 3.8) is 0 Å². The molecule has 0 unspecified atom stereocenters. The number of rotatable bonds is 3. The first kappa shape index (κ1) is 10.1. The zero-order valence-electron chi connectivity index (χ0n) is 7.29. The lowest BCUT2D eigenvalue weighted by atomic mass is 10.5. The normalized spacial score (nSPS) is 20.6. The average Bonchev–Trinajstić information content (AvgIpc) is 2.15. The number of ether oxygens (including phenoxy) is 1. The molecule has 0 aromatic carbocycles. The molecule has 0 saturated carbocycles. The van der Waals surface area contributed by atoms with E-state index < -0.39 is 0 Å². The van der Waals surface area contributed by atoms with Crippen LogP contribution in [0, 0.1) is 0 Å². The van der Waals surface area contributed by atoms with Gasteiger partial charge in [0.1, 0.15) is 10.3 Å². The van der Waals surface area contributed by atoms with Crippen LogP contribution >= 0.6 is 23.5 Å². The molecule has 0 aromatic heterocycles. The van der Waals surface area contributed by atoms with Crippen molar-refractivity contribution in [1.82, 2.24) is 0 Å². The number of hydrogen-bond donors (Lipinski definition) is 0. The minimum absolute atomic E-state index is 0.488. The minimum Gasteiger partial charge on any atom is -0.499 e. The lowest BCUT2D eigenvalue weighted by molar-refractivity contribution is 0.292. The van der Waals surface area contributed by atoms with Crippen LogP contribution in [0.2, 0.25) is 0 Å². The summed E-state index contributed by atoms with van der Waals surface area (Å²) < 4.78 is 5.77. The van der Waals surface area contributed by atoms with Gasteiger partial charge >= 0.3 is 0 Å². The Hall–Kier alpha value is -0.0200. The first-order chi connectivity index (χ1) is 5.88. The van der Waals surface area contributed by atoms with Gasteiger partial charge in [0.25, 0.3) is 0 Å². The Morgan fingerprint density at radius 1 is 1.50 bits per heavy atom. The molecule has 1 fully saturated rings. The van der Waals surface area contributed by atoms with Gasteiger partial charge in [-0.15, -0.1) is 23.5 Å². The summed E-state index contributed by atoms with van der Waals surface area (Å²) in [7, 11) is 1.73. The Morgan fingerprint density at radius 2 is 2.17 bits per heavy atom. The number of thioether (sulfide) groups is 2. The molecule has 0 atom stereocenters. The monoisotopic (exact) mass is 202 g/mol. The van der Waals surface area contributed by atoms with Gasteiger partial charge in [-0.1, -0.05) is 12.7 Å². The van der Waals surface area contributed by atoms with Gasteiger partial charge in [0.2, 0.25) is 0 Å². The van der Waals surface area contributed by atoms with Crippen LogP contribution in [0.3, 0.4) is 0 Å². The summed E-state index contributed by atoms with van der Waals surface area (Å²) in [5.74, 6) is 3.53. The second-order valence-corrected chi connectivity index (χ2v) is 5.16. The van der Waals surface area contributed by atoms with Crippen molar-refractivity contribution in [2.24, 2.45) is 0 Å². The molecule has 3 heteroatoms. The van der Waals surface area contributed by atoms with E-state index in [0.29, 0.717) is 4.58 Å². The summed E-state index contributed by atoms with van der Waals surface area (Å²) in [5.41, 5.74) is 0. The number of allylic oxidation sites excluding steroid dienone is 2. The predicted octanol–water partition coefficient (Wildman–Crippen LogP) is 2.90. The van der Waals surface area contributed by atoms with Crippen LogP contribution in [0.15, 0.2) is 24.5 Å². The Balaban J connectivity index is 2.51. The fourth-order valence-electron chi connectivity index (χ4n) is 1.01. The fourth-order valence-corrected chi connectivity index (χ4v) is 3.88. The molecule has 1 saturated heterocycles. The summed E-state index contributed by atoms with van der Waals surface area (Å²) in [6.07, 6.45) is 5.06. The number of hydrogen-bond acceptors (Lipinski definition) is 3. The molecule has 1 nitrogen and oxygen atoms in total. The number of methoxy groups -OCH3 is 1. The Labute approximate surface area is 82.6 Å². The van der Waals surface area contributed by atoms with Crippen molar-refractivity contribution in [1.29, 1.82) is 0 Å². The molecule has 0 bridgehead atoms. The van der Waals surface area contributed by atoms with Crippen LogP contribution in [0.25, 0.3) is 0 Å². The summed E-state index contributed by atoms with van der Waals surface area (Å²) in [6.45, 7) is 3.67. The van der Waals surface area contributed by atoms with E-state index in [-0.39, 0.29) is 0 Å². The second kappa shape index (κ2) is 5.60. The zero-order valence-corrected chi connectivity index (χ0v) is 8.92. The van der Waals surface area contributed by atoms with E-state index in [9.17, 15) is 0 Å². The third kappa shape index (κ3) is 2.79. The van der Waals surface area contributed by atoms with Crippen molar-refractivity contribution in [2.45, 2.75) is 11.0 Å². The summed E-state index contributed by atoms with van der Waals surface area (Å²) in [5, 5.41) is 0. The predicted molar refractivity (Wildman–Crippen MR) is 58.6 cm³/mol. The average molecular weight is 202 g/mol. The van der Waals surface area contributed by atoms with Gasteiger partial charge in [-0.2, -0.15) is 0 Å². The molecular formula is C9H14OS2. The Bertz CT molecular complexity index is 171. The molecule has 1 aliphatic rings. The maximum Gasteiger partial charge on any atom is 0.118 e. The molecule has 1 rings (SSSR count). The summed E-state index contributed by atoms with van der Waals surface area (Å²) in [4.78, 5) is 0. The first-order valence-corrected chi connectivity index (χ1v) is 6.08. The highest BCUT2D eigenvalue weighted by Gasteiger charge is 2.18. The maximum absolute atomic E-state index is 5.28. The van der Waals surface area contributed by atoms with Crippen molar-refractivity contribution < 1.29 is 4.74 Å². The van der Waals surface area contributed by atoms with E-state index in [4.69, 9.17) is 4.74 Å². The molecule has 1 aliphatic heterocycles. The molecule has 0 aliphatic carbocycles. The zero-order chi connectivity index (χ0) is 8.81. The topological polar surface area (TPSA) is 9.23 Å². The smallest absolute Gasteiger partial charge is 0.118 e. The van der Waals surface area contributed by atoms with Crippen molar-refractivity contribution in [2.75, 3.05) is 18.6 Å². The van der Waals surface area contributed by atoms with E-state index in [2.05, 4.69) is 6.58 Å². The van der Waals surface area contributed by atoms with Crippen LogP contribution in [0.5, 0.6) is 0 Å². The summed E-state index contributed by atoms with van der Waals surface area (Å²) in [6, 6.07) is 0. The third-order valence-corrected chi connectivity index (χ3v) is 4.51. The first-order valence-electron chi connectivity index (χ1n) is 3.98. The minimum atomic E-state index is 0.488. The van der Waals surface area contributed by atoms with E-state index in [1.165, 1.54) is 17.9 Å². The molecule has 0 spiro atoms. The highest BCUT2D eigenvalue weighted by molar-refractivity contribution is 8.17. The van der Waals surface area contributed by atoms with Gasteiger partial charge in [0.05, 0.1) is 7.11 Å². The molecule has 0 amide bonds. The van der Waals surface area contributed by atoms with Gasteiger partial charge in [-0.25, -0.2) is 0 Å². The van der Waals surface area contributed by atoms with Crippen LogP contribution in [-0.2, 0) is 4.74 Å². The van der Waals surface area contributed by atoms with E-state index in [1.807, 2.05) is 29.6 Å². The SMILES string of the molecule is C=C/C=C(\OC)C1SCCCS1. The molecule has 1 heterocycles. The van der Waals surface area contributed by atoms with Crippen molar-refractivity contribution in [3.05, 3.63) is 24.5 Å². The van der Waals surface area contributed by atoms with Crippen LogP contribution < -0.4 is 0 Å². The lowest BCUT2D eigenvalue weighted by Gasteiger charge is -2.22. The van der Waals surface area contributed by atoms with Crippen LogP contribution in [0.4, 0.5) is 0 Å². The quantitative estimate of drug-likeness (QED) is 0.514. The van der Waals surface area contributed by atoms with Gasteiger partial charge in [-0.05, 0) is 24.0 Å². The Kier molecular flexibility index (Phi) is 4.69. The van der Waals surface area contributed by atoms with E-state index in [0.717, 1.165) is 5.76 Å². The molecular weight excluding hydrogens is 188 g/mol. The van der Waals surface area contributed by atoms with Gasteiger partial charge in [0, 0.05) is 0 Å². The van der Waals surface area contributed by atoms with E-state index >= 15 is 0 Å². The maximum atomic E-state index is 5.28. The molecule has 0 N–H and O–H groups in total. The largest absolute Gasteiger partial charge is 0.499 e. The highest BCUT2D eigenvalue weighted by atomic mass is 32.2. The molecule has 0 aromatic rings.